The molecule has 25 heavy (non-hydrogen) atoms. The summed E-state index contributed by atoms with van der Waals surface area (Å²) < 4.78 is 4.96. The van der Waals surface area contributed by atoms with E-state index in [1.54, 1.807) is 12.1 Å². The molecule has 9 nitrogen and oxygen atoms in total. The molecule has 0 radical (unpaired) electrons. The van der Waals surface area contributed by atoms with Gasteiger partial charge in [0, 0.05) is 12.6 Å². The monoisotopic (exact) mass is 344 g/mol. The molecule has 0 fully saturated rings. The number of likely N-dealkylation sites (N-methyl/N-ethyl adjacent to an activating group) is 1. The van der Waals surface area contributed by atoms with E-state index < -0.39 is 6.09 Å². The largest absolute Gasteiger partial charge is 0.504 e. The van der Waals surface area contributed by atoms with E-state index in [9.17, 15) is 9.90 Å². The van der Waals surface area contributed by atoms with Gasteiger partial charge < -0.3 is 20.5 Å². The molecule has 0 aliphatic carbocycles. The number of pyridine rings is 1. The van der Waals surface area contributed by atoms with E-state index in [2.05, 4.69) is 20.5 Å². The minimum atomic E-state index is -0.734. The standard InChI is InChI=1S/C16H20N6O3/c1-22(2)8-9-25-16(24)19-15-13(23)10-12(14(17)18-15)21-20-11-6-4-3-5-7-11/h3-7,10,23H,8-9H2,1-2H3,(H3,17,18,19,24)/b21-20+. The zero-order chi connectivity index (χ0) is 18.2. The number of aromatic nitrogens is 1. The van der Waals surface area contributed by atoms with Crippen molar-refractivity contribution in [3.63, 3.8) is 0 Å². The molecule has 2 aromatic rings. The number of amides is 1. The Morgan fingerprint density at radius 2 is 2.04 bits per heavy atom. The first-order valence-electron chi connectivity index (χ1n) is 7.50. The summed E-state index contributed by atoms with van der Waals surface area (Å²) in [5.74, 6) is -0.382. The van der Waals surface area contributed by atoms with Crippen LogP contribution in [0.1, 0.15) is 0 Å². The fourth-order valence-corrected chi connectivity index (χ4v) is 1.74. The number of benzene rings is 1. The zero-order valence-corrected chi connectivity index (χ0v) is 14.0. The lowest BCUT2D eigenvalue weighted by atomic mass is 10.3. The van der Waals surface area contributed by atoms with Crippen molar-refractivity contribution in [2.24, 2.45) is 10.2 Å². The van der Waals surface area contributed by atoms with Gasteiger partial charge in [-0.3, -0.25) is 5.32 Å². The molecular formula is C16H20N6O3. The van der Waals surface area contributed by atoms with Crippen molar-refractivity contribution in [3.8, 4) is 5.75 Å². The Balaban J connectivity index is 2.04. The van der Waals surface area contributed by atoms with Crippen LogP contribution in [0.5, 0.6) is 5.75 Å². The first-order chi connectivity index (χ1) is 12.0. The Labute approximate surface area is 145 Å². The van der Waals surface area contributed by atoms with Crippen molar-refractivity contribution in [2.45, 2.75) is 0 Å². The number of azo groups is 1. The van der Waals surface area contributed by atoms with Gasteiger partial charge in [-0.1, -0.05) is 18.2 Å². The molecule has 1 amide bonds. The molecule has 9 heteroatoms. The highest BCUT2D eigenvalue weighted by Gasteiger charge is 2.13. The van der Waals surface area contributed by atoms with E-state index in [0.29, 0.717) is 12.2 Å². The van der Waals surface area contributed by atoms with E-state index in [0.717, 1.165) is 0 Å². The van der Waals surface area contributed by atoms with Crippen molar-refractivity contribution in [2.75, 3.05) is 38.3 Å². The predicted molar refractivity (Wildman–Crippen MR) is 94.5 cm³/mol. The minimum absolute atomic E-state index is 0.0149. The highest BCUT2D eigenvalue weighted by molar-refractivity contribution is 5.86. The Morgan fingerprint density at radius 3 is 2.72 bits per heavy atom. The van der Waals surface area contributed by atoms with Gasteiger partial charge in [0.2, 0.25) is 0 Å². The van der Waals surface area contributed by atoms with Gasteiger partial charge in [-0.15, -0.1) is 5.11 Å². The third kappa shape index (κ3) is 5.74. The maximum Gasteiger partial charge on any atom is 0.412 e. The van der Waals surface area contributed by atoms with Crippen LogP contribution in [0.2, 0.25) is 0 Å². The quantitative estimate of drug-likeness (QED) is 0.692. The molecular weight excluding hydrogens is 324 g/mol. The van der Waals surface area contributed by atoms with Gasteiger partial charge in [0.15, 0.2) is 17.4 Å². The van der Waals surface area contributed by atoms with E-state index in [1.165, 1.54) is 6.07 Å². The second-order valence-electron chi connectivity index (χ2n) is 5.36. The fourth-order valence-electron chi connectivity index (χ4n) is 1.74. The summed E-state index contributed by atoms with van der Waals surface area (Å²) in [7, 11) is 3.72. The van der Waals surface area contributed by atoms with Gasteiger partial charge in [-0.25, -0.2) is 9.78 Å². The summed E-state index contributed by atoms with van der Waals surface area (Å²) in [6, 6.07) is 10.3. The van der Waals surface area contributed by atoms with Crippen LogP contribution < -0.4 is 11.1 Å². The molecule has 0 aliphatic rings. The number of nitrogens with two attached hydrogens (primary N) is 1. The van der Waals surface area contributed by atoms with E-state index >= 15 is 0 Å². The smallest absolute Gasteiger partial charge is 0.412 e. The Bertz CT molecular complexity index is 749. The van der Waals surface area contributed by atoms with E-state index in [-0.39, 0.29) is 29.7 Å². The van der Waals surface area contributed by atoms with Gasteiger partial charge in [-0.2, -0.15) is 5.11 Å². The molecule has 0 aliphatic heterocycles. The van der Waals surface area contributed by atoms with Crippen LogP contribution in [-0.2, 0) is 4.74 Å². The zero-order valence-electron chi connectivity index (χ0n) is 14.0. The number of carbonyl (C=O) groups excluding carboxylic acids is 1. The number of ether oxygens (including phenoxy) is 1. The molecule has 1 heterocycles. The summed E-state index contributed by atoms with van der Waals surface area (Å²) in [6.45, 7) is 0.784. The van der Waals surface area contributed by atoms with Gasteiger partial charge in [0.25, 0.3) is 0 Å². The molecule has 132 valence electrons. The normalized spacial score (nSPS) is 11.0. The average Bonchev–Trinajstić information content (AvgIpc) is 2.57. The maximum absolute atomic E-state index is 11.7. The molecule has 1 aromatic carbocycles. The van der Waals surface area contributed by atoms with Crippen LogP contribution in [0, 0.1) is 0 Å². The average molecular weight is 344 g/mol. The highest BCUT2D eigenvalue weighted by Crippen LogP contribution is 2.32. The summed E-state index contributed by atoms with van der Waals surface area (Å²) in [6.07, 6.45) is -0.734. The summed E-state index contributed by atoms with van der Waals surface area (Å²) in [5.41, 5.74) is 6.62. The molecule has 0 saturated carbocycles. The summed E-state index contributed by atoms with van der Waals surface area (Å²) in [4.78, 5) is 17.5. The number of nitrogens with one attached hydrogen (secondary N) is 1. The Morgan fingerprint density at radius 1 is 1.32 bits per heavy atom. The van der Waals surface area contributed by atoms with Crippen LogP contribution in [-0.4, -0.2) is 48.3 Å². The van der Waals surface area contributed by atoms with Crippen molar-refractivity contribution in [1.29, 1.82) is 0 Å². The number of hydrogen-bond acceptors (Lipinski definition) is 8. The molecule has 0 spiro atoms. The van der Waals surface area contributed by atoms with Gasteiger partial charge in [0.1, 0.15) is 12.3 Å². The number of nitrogen functional groups attached to an aromatic ring is 1. The highest BCUT2D eigenvalue weighted by atomic mass is 16.5. The fraction of sp³-hybridized carbons (Fsp3) is 0.250. The molecule has 0 bridgehead atoms. The number of aromatic hydroxyl groups is 1. The molecule has 1 aromatic heterocycles. The summed E-state index contributed by atoms with van der Waals surface area (Å²) in [5, 5.41) is 20.3. The number of nitrogens with zero attached hydrogens (tertiary/aromatic N) is 4. The molecule has 0 atom stereocenters. The molecule has 4 N–H and O–H groups in total. The maximum atomic E-state index is 11.7. The van der Waals surface area contributed by atoms with Crippen LogP contribution in [0.4, 0.5) is 27.8 Å². The topological polar surface area (TPSA) is 125 Å². The molecule has 0 saturated heterocycles. The Hall–Kier alpha value is -3.20. The first kappa shape index (κ1) is 18.1. The number of carbonyl (C=O) groups is 1. The van der Waals surface area contributed by atoms with Gasteiger partial charge in [0.05, 0.1) is 5.69 Å². The Kier molecular flexibility index (Phi) is 6.24. The lowest BCUT2D eigenvalue weighted by molar-refractivity contribution is 0.151. The number of rotatable bonds is 6. The third-order valence-electron chi connectivity index (χ3n) is 3.03. The van der Waals surface area contributed by atoms with Crippen molar-refractivity contribution < 1.29 is 14.6 Å². The van der Waals surface area contributed by atoms with Crippen molar-refractivity contribution >= 4 is 29.1 Å². The third-order valence-corrected chi connectivity index (χ3v) is 3.03. The minimum Gasteiger partial charge on any atom is -0.504 e. The SMILES string of the molecule is CN(C)CCOC(=O)Nc1nc(N)c(/N=N/c2ccccc2)cc1O. The van der Waals surface area contributed by atoms with Crippen molar-refractivity contribution in [3.05, 3.63) is 36.4 Å². The second-order valence-corrected chi connectivity index (χ2v) is 5.36. The van der Waals surface area contributed by atoms with Crippen LogP contribution >= 0.6 is 0 Å². The van der Waals surface area contributed by atoms with E-state index in [4.69, 9.17) is 10.5 Å². The lowest BCUT2D eigenvalue weighted by Crippen LogP contribution is -2.22. The molecule has 2 rings (SSSR count). The summed E-state index contributed by atoms with van der Waals surface area (Å²) >= 11 is 0. The van der Waals surface area contributed by atoms with E-state index in [1.807, 2.05) is 37.2 Å². The van der Waals surface area contributed by atoms with Gasteiger partial charge >= 0.3 is 6.09 Å². The first-order valence-corrected chi connectivity index (χ1v) is 7.50. The second kappa shape index (κ2) is 8.60. The van der Waals surface area contributed by atoms with Crippen LogP contribution in [0.25, 0.3) is 0 Å². The lowest BCUT2D eigenvalue weighted by Gasteiger charge is -2.11. The van der Waals surface area contributed by atoms with Crippen LogP contribution in [0.3, 0.4) is 0 Å². The van der Waals surface area contributed by atoms with Crippen LogP contribution in [0.15, 0.2) is 46.6 Å². The van der Waals surface area contributed by atoms with Gasteiger partial charge in [-0.05, 0) is 26.2 Å². The number of anilines is 2. The predicted octanol–water partition coefficient (Wildman–Crippen LogP) is 2.89. The number of hydrogen-bond donors (Lipinski definition) is 3. The molecule has 0 unspecified atom stereocenters. The van der Waals surface area contributed by atoms with Crippen molar-refractivity contribution in [1.82, 2.24) is 9.88 Å².